The molecule has 1 N–H and O–H groups in total. The first kappa shape index (κ1) is 22.2. The lowest BCUT2D eigenvalue weighted by molar-refractivity contribution is -0.127. The number of nitrogens with zero attached hydrogens (tertiary/aromatic N) is 1. The number of carbonyl (C=O) groups excluding carboxylic acids is 1. The van der Waals surface area contributed by atoms with Gasteiger partial charge in [-0.3, -0.25) is 4.79 Å². The van der Waals surface area contributed by atoms with Crippen LogP contribution in [0.4, 0.5) is 0 Å². The van der Waals surface area contributed by atoms with E-state index in [9.17, 15) is 13.2 Å². The van der Waals surface area contributed by atoms with Crippen molar-refractivity contribution in [2.24, 2.45) is 0 Å². The fraction of sp³-hybridized carbons (Fsp3) is 0.316. The van der Waals surface area contributed by atoms with Gasteiger partial charge in [0.05, 0.1) is 11.4 Å². The van der Waals surface area contributed by atoms with E-state index in [4.69, 9.17) is 9.47 Å². The highest BCUT2D eigenvalue weighted by atomic mass is 79.9. The SMILES string of the molecule is C[C@@H](Oc1ccc(Br)cc1)C(=O)NCCOc1ccc(S(=O)(=O)N(C)C)cc1. The second-order valence-electron chi connectivity index (χ2n) is 6.11. The summed E-state index contributed by atoms with van der Waals surface area (Å²) in [6.07, 6.45) is -0.642. The number of ether oxygens (including phenoxy) is 2. The number of sulfonamides is 1. The standard InChI is InChI=1S/C19H23BrN2O5S/c1-14(27-17-6-4-15(20)5-7-17)19(23)21-12-13-26-16-8-10-18(11-9-16)28(24,25)22(2)3/h4-11,14H,12-13H2,1-3H3,(H,21,23)/t14-/m1/s1. The molecule has 0 saturated carbocycles. The maximum absolute atomic E-state index is 12.1. The predicted molar refractivity (Wildman–Crippen MR) is 110 cm³/mol. The Hall–Kier alpha value is -2.10. The Labute approximate surface area is 173 Å². The number of nitrogens with one attached hydrogen (secondary N) is 1. The first-order chi connectivity index (χ1) is 13.2. The highest BCUT2D eigenvalue weighted by molar-refractivity contribution is 9.10. The number of rotatable bonds is 9. The van der Waals surface area contributed by atoms with Crippen molar-refractivity contribution >= 4 is 31.9 Å². The third-order valence-electron chi connectivity index (χ3n) is 3.77. The van der Waals surface area contributed by atoms with Crippen LogP contribution in [0.3, 0.4) is 0 Å². The van der Waals surface area contributed by atoms with Crippen LogP contribution < -0.4 is 14.8 Å². The van der Waals surface area contributed by atoms with Crippen molar-refractivity contribution in [3.63, 3.8) is 0 Å². The summed E-state index contributed by atoms with van der Waals surface area (Å²) in [6, 6.07) is 13.4. The van der Waals surface area contributed by atoms with Gasteiger partial charge in [0.2, 0.25) is 10.0 Å². The van der Waals surface area contributed by atoms with Crippen molar-refractivity contribution in [2.75, 3.05) is 27.2 Å². The maximum Gasteiger partial charge on any atom is 0.260 e. The largest absolute Gasteiger partial charge is 0.492 e. The van der Waals surface area contributed by atoms with Gasteiger partial charge in [0.25, 0.3) is 5.91 Å². The van der Waals surface area contributed by atoms with Crippen LogP contribution in [-0.4, -0.2) is 52.0 Å². The smallest absolute Gasteiger partial charge is 0.260 e. The number of hydrogen-bond acceptors (Lipinski definition) is 5. The summed E-state index contributed by atoms with van der Waals surface area (Å²) in [4.78, 5) is 12.3. The molecule has 9 heteroatoms. The van der Waals surface area contributed by atoms with Gasteiger partial charge in [-0.2, -0.15) is 0 Å². The molecular weight excluding hydrogens is 448 g/mol. The van der Waals surface area contributed by atoms with E-state index in [2.05, 4.69) is 21.2 Å². The van der Waals surface area contributed by atoms with Gasteiger partial charge in [0, 0.05) is 18.6 Å². The van der Waals surface area contributed by atoms with Gasteiger partial charge in [-0.25, -0.2) is 12.7 Å². The monoisotopic (exact) mass is 470 g/mol. The zero-order valence-electron chi connectivity index (χ0n) is 15.9. The van der Waals surface area contributed by atoms with E-state index in [1.165, 1.54) is 26.2 Å². The van der Waals surface area contributed by atoms with Gasteiger partial charge in [-0.15, -0.1) is 0 Å². The van der Waals surface area contributed by atoms with Crippen molar-refractivity contribution in [3.05, 3.63) is 53.0 Å². The molecule has 0 spiro atoms. The summed E-state index contributed by atoms with van der Waals surface area (Å²) in [5, 5.41) is 2.73. The van der Waals surface area contributed by atoms with Crippen molar-refractivity contribution in [1.29, 1.82) is 0 Å². The van der Waals surface area contributed by atoms with Crippen molar-refractivity contribution < 1.29 is 22.7 Å². The van der Waals surface area contributed by atoms with E-state index in [1.54, 1.807) is 31.2 Å². The molecule has 2 aromatic rings. The number of hydrogen-bond donors (Lipinski definition) is 1. The summed E-state index contributed by atoms with van der Waals surface area (Å²) in [6.45, 7) is 2.21. The molecule has 1 amide bonds. The maximum atomic E-state index is 12.1. The van der Waals surface area contributed by atoms with Crippen LogP contribution in [0.1, 0.15) is 6.92 Å². The molecule has 152 valence electrons. The molecule has 0 fully saturated rings. The molecule has 7 nitrogen and oxygen atoms in total. The highest BCUT2D eigenvalue weighted by Gasteiger charge is 2.17. The van der Waals surface area contributed by atoms with Gasteiger partial charge >= 0.3 is 0 Å². The third kappa shape index (κ3) is 6.22. The summed E-state index contributed by atoms with van der Waals surface area (Å²) in [5.74, 6) is 0.875. The lowest BCUT2D eigenvalue weighted by Crippen LogP contribution is -2.38. The Kier molecular flexibility index (Phi) is 7.85. The van der Waals surface area contributed by atoms with Crippen LogP contribution >= 0.6 is 15.9 Å². The zero-order chi connectivity index (χ0) is 20.7. The van der Waals surface area contributed by atoms with E-state index in [1.807, 2.05) is 12.1 Å². The summed E-state index contributed by atoms with van der Waals surface area (Å²) >= 11 is 3.34. The molecule has 0 aliphatic carbocycles. The minimum Gasteiger partial charge on any atom is -0.492 e. The average molecular weight is 471 g/mol. The van der Waals surface area contributed by atoms with Crippen LogP contribution in [0.15, 0.2) is 57.9 Å². The van der Waals surface area contributed by atoms with Crippen LogP contribution in [0, 0.1) is 0 Å². The second kappa shape index (κ2) is 9.90. The molecule has 0 radical (unpaired) electrons. The Bertz CT molecular complexity index is 884. The minimum absolute atomic E-state index is 0.192. The van der Waals surface area contributed by atoms with E-state index < -0.39 is 16.1 Å². The van der Waals surface area contributed by atoms with Crippen LogP contribution in [-0.2, 0) is 14.8 Å². The van der Waals surface area contributed by atoms with Gasteiger partial charge in [-0.1, -0.05) is 15.9 Å². The fourth-order valence-corrected chi connectivity index (χ4v) is 3.34. The van der Waals surface area contributed by atoms with Gasteiger partial charge in [0.15, 0.2) is 6.10 Å². The number of carbonyl (C=O) groups is 1. The van der Waals surface area contributed by atoms with Gasteiger partial charge in [-0.05, 0) is 55.5 Å². The molecule has 0 heterocycles. The van der Waals surface area contributed by atoms with Crippen molar-refractivity contribution in [3.8, 4) is 11.5 Å². The summed E-state index contributed by atoms with van der Waals surface area (Å²) < 4.78 is 37.2. The Morgan fingerprint density at radius 3 is 2.21 bits per heavy atom. The van der Waals surface area contributed by atoms with Crippen LogP contribution in [0.25, 0.3) is 0 Å². The molecule has 0 aromatic heterocycles. The van der Waals surface area contributed by atoms with E-state index >= 15 is 0 Å². The number of amides is 1. The molecule has 0 unspecified atom stereocenters. The molecule has 0 bridgehead atoms. The summed E-state index contributed by atoms with van der Waals surface area (Å²) in [5.41, 5.74) is 0. The molecule has 0 aliphatic rings. The topological polar surface area (TPSA) is 84.9 Å². The molecule has 0 aliphatic heterocycles. The van der Waals surface area contributed by atoms with Crippen LogP contribution in [0.5, 0.6) is 11.5 Å². The molecule has 0 saturated heterocycles. The second-order valence-corrected chi connectivity index (χ2v) is 9.18. The first-order valence-electron chi connectivity index (χ1n) is 8.55. The van der Waals surface area contributed by atoms with Crippen molar-refractivity contribution in [2.45, 2.75) is 17.9 Å². The Morgan fingerprint density at radius 1 is 1.07 bits per heavy atom. The molecule has 2 rings (SSSR count). The molecule has 1 atom stereocenters. The highest BCUT2D eigenvalue weighted by Crippen LogP contribution is 2.18. The third-order valence-corrected chi connectivity index (χ3v) is 6.13. The normalized spacial score (nSPS) is 12.5. The lowest BCUT2D eigenvalue weighted by Gasteiger charge is -2.15. The summed E-state index contributed by atoms with van der Waals surface area (Å²) in [7, 11) is -0.512. The predicted octanol–water partition coefficient (Wildman–Crippen LogP) is 2.66. The number of halogens is 1. The molecule has 28 heavy (non-hydrogen) atoms. The van der Waals surface area contributed by atoms with Gasteiger partial charge < -0.3 is 14.8 Å². The zero-order valence-corrected chi connectivity index (χ0v) is 18.3. The molecular formula is C19H23BrN2O5S. The Balaban J connectivity index is 1.76. The first-order valence-corrected chi connectivity index (χ1v) is 10.8. The van der Waals surface area contributed by atoms with Crippen LogP contribution in [0.2, 0.25) is 0 Å². The quantitative estimate of drug-likeness (QED) is 0.569. The average Bonchev–Trinajstić information content (AvgIpc) is 2.67. The fourth-order valence-electron chi connectivity index (χ4n) is 2.18. The number of benzene rings is 2. The Morgan fingerprint density at radius 2 is 1.64 bits per heavy atom. The van der Waals surface area contributed by atoms with Gasteiger partial charge in [0.1, 0.15) is 18.1 Å². The van der Waals surface area contributed by atoms with E-state index in [-0.39, 0.29) is 17.4 Å². The lowest BCUT2D eigenvalue weighted by atomic mass is 10.3. The van der Waals surface area contributed by atoms with E-state index in [0.29, 0.717) is 18.0 Å². The minimum atomic E-state index is -3.46. The van der Waals surface area contributed by atoms with E-state index in [0.717, 1.165) is 8.78 Å². The van der Waals surface area contributed by atoms with Crippen molar-refractivity contribution in [1.82, 2.24) is 9.62 Å². The molecule has 2 aromatic carbocycles.